The van der Waals surface area contributed by atoms with E-state index in [-0.39, 0.29) is 29.7 Å². The van der Waals surface area contributed by atoms with E-state index >= 15 is 0 Å². The van der Waals surface area contributed by atoms with Gasteiger partial charge in [-0.25, -0.2) is 9.78 Å². The summed E-state index contributed by atoms with van der Waals surface area (Å²) in [6, 6.07) is 9.15. The summed E-state index contributed by atoms with van der Waals surface area (Å²) in [5.41, 5.74) is 0.782. The molecule has 0 saturated carbocycles. The van der Waals surface area contributed by atoms with E-state index in [9.17, 15) is 19.5 Å². The quantitative estimate of drug-likeness (QED) is 0.471. The van der Waals surface area contributed by atoms with Crippen molar-refractivity contribution >= 4 is 22.8 Å². The highest BCUT2D eigenvalue weighted by Crippen LogP contribution is 2.40. The van der Waals surface area contributed by atoms with Crippen LogP contribution in [0.5, 0.6) is 5.75 Å². The number of carbonyl (C=O) groups is 2. The first-order valence-electron chi connectivity index (χ1n) is 10.6. The fourth-order valence-corrected chi connectivity index (χ4v) is 4.65. The van der Waals surface area contributed by atoms with Gasteiger partial charge in [-0.05, 0) is 36.8 Å². The molecule has 5 rings (SSSR count). The number of esters is 2. The minimum absolute atomic E-state index is 0.0216. The number of ether oxygens (including phenoxy) is 3. The normalized spacial score (nSPS) is 21.0. The second-order valence-corrected chi connectivity index (χ2v) is 8.24. The first-order valence-corrected chi connectivity index (χ1v) is 10.6. The molecule has 1 aromatic carbocycles. The van der Waals surface area contributed by atoms with Crippen molar-refractivity contribution in [2.45, 2.75) is 45.1 Å². The number of hydrogen-bond donors (Lipinski definition) is 1. The van der Waals surface area contributed by atoms with Crippen LogP contribution < -0.4 is 10.3 Å². The van der Waals surface area contributed by atoms with Gasteiger partial charge < -0.3 is 23.9 Å². The number of fused-ring (bicyclic) bond motifs is 5. The lowest BCUT2D eigenvalue weighted by atomic mass is 9.83. The van der Waals surface area contributed by atoms with E-state index in [1.54, 1.807) is 24.7 Å². The molecule has 0 saturated heterocycles. The van der Waals surface area contributed by atoms with Crippen LogP contribution in [0.1, 0.15) is 37.0 Å². The van der Waals surface area contributed by atoms with Crippen LogP contribution >= 0.6 is 0 Å². The van der Waals surface area contributed by atoms with Crippen LogP contribution in [0.25, 0.3) is 22.3 Å². The molecule has 3 aromatic rings. The monoisotopic (exact) mass is 450 g/mol. The SMILES string of the molecule is CC[C@]1(O)c2cc3n(c(=O)c2COC(=O)[C@@H]1OC(C)=O)Cc1cc2cc(OC)ccc2nc1-3. The van der Waals surface area contributed by atoms with Crippen molar-refractivity contribution in [2.24, 2.45) is 0 Å². The number of aliphatic hydroxyl groups is 1. The summed E-state index contributed by atoms with van der Waals surface area (Å²) < 4.78 is 17.2. The smallest absolute Gasteiger partial charge is 0.351 e. The summed E-state index contributed by atoms with van der Waals surface area (Å²) in [5, 5.41) is 12.4. The highest BCUT2D eigenvalue weighted by Gasteiger charge is 2.50. The third-order valence-electron chi connectivity index (χ3n) is 6.37. The van der Waals surface area contributed by atoms with Crippen molar-refractivity contribution in [3.05, 3.63) is 57.4 Å². The largest absolute Gasteiger partial charge is 0.497 e. The van der Waals surface area contributed by atoms with E-state index in [0.717, 1.165) is 23.4 Å². The molecule has 2 aliphatic heterocycles. The van der Waals surface area contributed by atoms with Crippen molar-refractivity contribution in [1.29, 1.82) is 0 Å². The van der Waals surface area contributed by atoms with Crippen LogP contribution in [0.2, 0.25) is 0 Å². The number of benzene rings is 1. The van der Waals surface area contributed by atoms with Crippen LogP contribution in [-0.2, 0) is 37.8 Å². The Morgan fingerprint density at radius 2 is 2.09 bits per heavy atom. The predicted octanol–water partition coefficient (Wildman–Crippen LogP) is 2.02. The Bertz CT molecular complexity index is 1390. The van der Waals surface area contributed by atoms with E-state index in [0.29, 0.717) is 23.7 Å². The van der Waals surface area contributed by atoms with Gasteiger partial charge in [0.15, 0.2) is 0 Å². The van der Waals surface area contributed by atoms with Gasteiger partial charge in [0.25, 0.3) is 5.56 Å². The molecular formula is C24H22N2O7. The van der Waals surface area contributed by atoms with Crippen LogP contribution in [0.15, 0.2) is 35.1 Å². The van der Waals surface area contributed by atoms with Crippen LogP contribution in [0.3, 0.4) is 0 Å². The lowest BCUT2D eigenvalue weighted by Crippen LogP contribution is -2.47. The van der Waals surface area contributed by atoms with Crippen LogP contribution in [-0.4, -0.2) is 39.8 Å². The Kier molecular flexibility index (Phi) is 4.75. The van der Waals surface area contributed by atoms with Crippen LogP contribution in [0, 0.1) is 0 Å². The standard InChI is InChI=1S/C24H22N2O7/c1-4-24(30)17-9-19-20-14(7-13-8-15(31-3)5-6-18(13)25-20)10-26(19)22(28)16(17)11-32-23(29)21(24)33-12(2)27/h5-9,21,30H,4,10-11H2,1-3H3/t21-,24-/m0/s1. The van der Waals surface area contributed by atoms with Gasteiger partial charge in [-0.3, -0.25) is 9.59 Å². The molecule has 170 valence electrons. The Labute approximate surface area is 188 Å². The molecule has 0 radical (unpaired) electrons. The number of rotatable bonds is 3. The number of methoxy groups -OCH3 is 1. The first kappa shape index (κ1) is 21.1. The zero-order valence-corrected chi connectivity index (χ0v) is 18.4. The Hall–Kier alpha value is -3.72. The number of carbonyl (C=O) groups excluding carboxylic acids is 2. The molecule has 9 heteroatoms. The van der Waals surface area contributed by atoms with Crippen molar-refractivity contribution in [1.82, 2.24) is 9.55 Å². The molecule has 1 N–H and O–H groups in total. The van der Waals surface area contributed by atoms with E-state index in [1.807, 2.05) is 24.3 Å². The Morgan fingerprint density at radius 1 is 1.30 bits per heavy atom. The third kappa shape index (κ3) is 3.11. The van der Waals surface area contributed by atoms with Gasteiger partial charge in [-0.1, -0.05) is 6.92 Å². The molecule has 9 nitrogen and oxygen atoms in total. The lowest BCUT2D eigenvalue weighted by molar-refractivity contribution is -0.186. The second kappa shape index (κ2) is 7.41. The molecule has 0 unspecified atom stereocenters. The third-order valence-corrected chi connectivity index (χ3v) is 6.37. The minimum Gasteiger partial charge on any atom is -0.497 e. The molecule has 0 fully saturated rings. The Balaban J connectivity index is 1.73. The number of aromatic nitrogens is 2. The highest BCUT2D eigenvalue weighted by molar-refractivity contribution is 5.85. The number of nitrogens with zero attached hydrogens (tertiary/aromatic N) is 2. The molecule has 33 heavy (non-hydrogen) atoms. The Morgan fingerprint density at radius 3 is 2.79 bits per heavy atom. The fraction of sp³-hybridized carbons (Fsp3) is 0.333. The van der Waals surface area contributed by atoms with Gasteiger partial charge >= 0.3 is 11.9 Å². The van der Waals surface area contributed by atoms with Gasteiger partial charge in [-0.2, -0.15) is 0 Å². The molecule has 0 bridgehead atoms. The number of pyridine rings is 2. The minimum atomic E-state index is -1.92. The van der Waals surface area contributed by atoms with Gasteiger partial charge in [0.1, 0.15) is 18.0 Å². The maximum absolute atomic E-state index is 13.5. The molecule has 0 aliphatic carbocycles. The maximum Gasteiger partial charge on any atom is 0.351 e. The van der Waals surface area contributed by atoms with E-state index < -0.39 is 23.6 Å². The zero-order valence-electron chi connectivity index (χ0n) is 18.4. The predicted molar refractivity (Wildman–Crippen MR) is 117 cm³/mol. The molecule has 0 amide bonds. The summed E-state index contributed by atoms with van der Waals surface area (Å²) in [7, 11) is 1.59. The summed E-state index contributed by atoms with van der Waals surface area (Å²) in [4.78, 5) is 42.4. The van der Waals surface area contributed by atoms with Crippen molar-refractivity contribution in [3.63, 3.8) is 0 Å². The fourth-order valence-electron chi connectivity index (χ4n) is 4.65. The van der Waals surface area contributed by atoms with Gasteiger partial charge in [0, 0.05) is 23.4 Å². The molecule has 2 aliphatic rings. The molecule has 2 atom stereocenters. The number of hydrogen-bond acceptors (Lipinski definition) is 8. The van der Waals surface area contributed by atoms with Crippen molar-refractivity contribution in [2.75, 3.05) is 7.11 Å². The molecular weight excluding hydrogens is 428 g/mol. The second-order valence-electron chi connectivity index (χ2n) is 8.24. The van der Waals surface area contributed by atoms with Crippen molar-refractivity contribution < 1.29 is 28.9 Å². The highest BCUT2D eigenvalue weighted by atomic mass is 16.6. The molecule has 0 spiro atoms. The summed E-state index contributed by atoms with van der Waals surface area (Å²) in [6.45, 7) is 2.77. The summed E-state index contributed by atoms with van der Waals surface area (Å²) >= 11 is 0. The van der Waals surface area contributed by atoms with E-state index in [4.69, 9.17) is 19.2 Å². The lowest BCUT2D eigenvalue weighted by Gasteiger charge is -2.32. The molecule has 4 heterocycles. The zero-order chi connectivity index (χ0) is 23.5. The number of cyclic esters (lactones) is 1. The summed E-state index contributed by atoms with van der Waals surface area (Å²) in [5.74, 6) is -0.928. The van der Waals surface area contributed by atoms with Gasteiger partial charge in [0.2, 0.25) is 6.10 Å². The van der Waals surface area contributed by atoms with E-state index in [1.165, 1.54) is 0 Å². The molecule has 2 aromatic heterocycles. The van der Waals surface area contributed by atoms with Gasteiger partial charge in [0.05, 0.1) is 36.1 Å². The first-order chi connectivity index (χ1) is 15.8. The van der Waals surface area contributed by atoms with Gasteiger partial charge in [-0.15, -0.1) is 0 Å². The van der Waals surface area contributed by atoms with E-state index in [2.05, 4.69) is 0 Å². The maximum atomic E-state index is 13.5. The topological polar surface area (TPSA) is 117 Å². The van der Waals surface area contributed by atoms with Crippen molar-refractivity contribution in [3.8, 4) is 17.1 Å². The summed E-state index contributed by atoms with van der Waals surface area (Å²) in [6.07, 6.45) is -1.56. The van der Waals surface area contributed by atoms with Crippen LogP contribution in [0.4, 0.5) is 0 Å². The average molecular weight is 450 g/mol. The average Bonchev–Trinajstić information content (AvgIpc) is 3.12.